The van der Waals surface area contributed by atoms with Crippen LogP contribution in [-0.4, -0.2) is 21.6 Å². The number of primary amides is 1. The second-order valence-corrected chi connectivity index (χ2v) is 6.08. The van der Waals surface area contributed by atoms with Crippen LogP contribution >= 0.6 is 0 Å². The first-order chi connectivity index (χ1) is 9.54. The smallest absolute Gasteiger partial charge is 0.269 e. The van der Waals surface area contributed by atoms with Crippen molar-refractivity contribution < 1.29 is 9.59 Å². The summed E-state index contributed by atoms with van der Waals surface area (Å²) in [5.41, 5.74) is 5.95. The van der Waals surface area contributed by atoms with Crippen molar-refractivity contribution in [3.63, 3.8) is 0 Å². The van der Waals surface area contributed by atoms with Crippen LogP contribution in [0.4, 0.5) is 5.69 Å². The van der Waals surface area contributed by atoms with Crippen LogP contribution in [0.1, 0.15) is 42.6 Å². The molecule has 0 aromatic carbocycles. The van der Waals surface area contributed by atoms with E-state index in [9.17, 15) is 9.59 Å². The fraction of sp³-hybridized carbons (Fsp3) is 0.643. The summed E-state index contributed by atoms with van der Waals surface area (Å²) >= 11 is 0. The fourth-order valence-electron chi connectivity index (χ4n) is 3.89. The molecule has 1 aromatic heterocycles. The summed E-state index contributed by atoms with van der Waals surface area (Å²) in [4.78, 5) is 23.5. The van der Waals surface area contributed by atoms with Gasteiger partial charge >= 0.3 is 0 Å². The number of nitrogens with two attached hydrogens (primary N) is 1. The Labute approximate surface area is 117 Å². The molecule has 2 amide bonds. The van der Waals surface area contributed by atoms with Gasteiger partial charge in [0.25, 0.3) is 5.91 Å². The minimum Gasteiger partial charge on any atom is -0.364 e. The summed E-state index contributed by atoms with van der Waals surface area (Å²) in [6.45, 7) is 0. The van der Waals surface area contributed by atoms with Crippen molar-refractivity contribution in [3.05, 3.63) is 11.9 Å². The second kappa shape index (κ2) is 4.92. The monoisotopic (exact) mass is 276 g/mol. The van der Waals surface area contributed by atoms with Crippen molar-refractivity contribution in [1.82, 2.24) is 9.78 Å². The molecule has 20 heavy (non-hydrogen) atoms. The number of aryl methyl sites for hydroxylation is 1. The van der Waals surface area contributed by atoms with Crippen LogP contribution in [0.15, 0.2) is 6.20 Å². The van der Waals surface area contributed by atoms with Crippen molar-refractivity contribution in [2.45, 2.75) is 32.1 Å². The number of nitrogens with one attached hydrogen (secondary N) is 1. The van der Waals surface area contributed by atoms with E-state index >= 15 is 0 Å². The van der Waals surface area contributed by atoms with Crippen LogP contribution in [-0.2, 0) is 11.8 Å². The molecule has 108 valence electrons. The summed E-state index contributed by atoms with van der Waals surface area (Å²) in [6, 6.07) is 0. The zero-order valence-corrected chi connectivity index (χ0v) is 11.6. The predicted molar refractivity (Wildman–Crippen MR) is 73.9 cm³/mol. The van der Waals surface area contributed by atoms with Gasteiger partial charge in [0.05, 0.1) is 11.9 Å². The highest BCUT2D eigenvalue weighted by molar-refractivity contribution is 6.01. The standard InChI is InChI=1S/C14H20N4O2/c1-18-13(14(15)20)11(7-16-18)17-12(19)6-10-5-8-2-3-9(10)4-8/h7-10H,2-6H2,1H3,(H2,15,20)(H,17,19). The van der Waals surface area contributed by atoms with E-state index < -0.39 is 5.91 Å². The van der Waals surface area contributed by atoms with Crippen LogP contribution in [0.3, 0.4) is 0 Å². The summed E-state index contributed by atoms with van der Waals surface area (Å²) < 4.78 is 1.38. The maximum absolute atomic E-state index is 12.1. The van der Waals surface area contributed by atoms with Gasteiger partial charge in [0.2, 0.25) is 5.91 Å². The lowest BCUT2D eigenvalue weighted by Crippen LogP contribution is -2.23. The normalized spacial score (nSPS) is 27.8. The van der Waals surface area contributed by atoms with Crippen molar-refractivity contribution in [2.24, 2.45) is 30.5 Å². The second-order valence-electron chi connectivity index (χ2n) is 6.08. The fourth-order valence-corrected chi connectivity index (χ4v) is 3.89. The van der Waals surface area contributed by atoms with E-state index in [1.807, 2.05) is 0 Å². The number of fused-ring (bicyclic) bond motifs is 2. The molecule has 1 heterocycles. The lowest BCUT2D eigenvalue weighted by Gasteiger charge is -2.20. The first-order valence-electron chi connectivity index (χ1n) is 7.16. The first kappa shape index (κ1) is 13.1. The van der Waals surface area contributed by atoms with Crippen molar-refractivity contribution >= 4 is 17.5 Å². The Morgan fingerprint density at radius 3 is 2.85 bits per heavy atom. The number of rotatable bonds is 4. The van der Waals surface area contributed by atoms with E-state index in [1.54, 1.807) is 7.05 Å². The first-order valence-corrected chi connectivity index (χ1v) is 7.16. The maximum atomic E-state index is 12.1. The number of anilines is 1. The number of carbonyl (C=O) groups is 2. The Kier molecular flexibility index (Phi) is 3.23. The molecule has 2 bridgehead atoms. The maximum Gasteiger partial charge on any atom is 0.269 e. The van der Waals surface area contributed by atoms with Gasteiger partial charge in [-0.2, -0.15) is 5.10 Å². The molecule has 3 rings (SSSR count). The lowest BCUT2D eigenvalue weighted by molar-refractivity contribution is -0.117. The Morgan fingerprint density at radius 2 is 2.25 bits per heavy atom. The van der Waals surface area contributed by atoms with E-state index in [0.29, 0.717) is 18.0 Å². The molecule has 2 fully saturated rings. The van der Waals surface area contributed by atoms with Crippen LogP contribution in [0.2, 0.25) is 0 Å². The van der Waals surface area contributed by atoms with Crippen LogP contribution in [0.5, 0.6) is 0 Å². The Hall–Kier alpha value is -1.85. The average Bonchev–Trinajstić information content (AvgIpc) is 3.04. The van der Waals surface area contributed by atoms with Gasteiger partial charge in [-0.05, 0) is 37.0 Å². The molecule has 0 radical (unpaired) electrons. The number of hydrogen-bond donors (Lipinski definition) is 2. The van der Waals surface area contributed by atoms with Crippen molar-refractivity contribution in [2.75, 3.05) is 5.32 Å². The number of nitrogens with zero attached hydrogens (tertiary/aromatic N) is 2. The topological polar surface area (TPSA) is 90.0 Å². The third-order valence-corrected chi connectivity index (χ3v) is 4.78. The SMILES string of the molecule is Cn1ncc(NC(=O)CC2CC3CCC2C3)c1C(N)=O. The quantitative estimate of drug-likeness (QED) is 0.868. The number of hydrogen-bond acceptors (Lipinski definition) is 3. The summed E-state index contributed by atoms with van der Waals surface area (Å²) in [5, 5.41) is 6.74. The summed E-state index contributed by atoms with van der Waals surface area (Å²) in [6.07, 6.45) is 7.07. The highest BCUT2D eigenvalue weighted by Gasteiger charge is 2.40. The molecular formula is C14H20N4O2. The van der Waals surface area contributed by atoms with Crippen molar-refractivity contribution in [1.29, 1.82) is 0 Å². The Balaban J connectivity index is 1.63. The molecule has 1 aromatic rings. The molecule has 3 atom stereocenters. The van der Waals surface area contributed by atoms with Gasteiger partial charge in [-0.15, -0.1) is 0 Å². The molecule has 0 spiro atoms. The van der Waals surface area contributed by atoms with Gasteiger partial charge in [0, 0.05) is 13.5 Å². The number of carbonyl (C=O) groups excluding carboxylic acids is 2. The van der Waals surface area contributed by atoms with Gasteiger partial charge in [-0.3, -0.25) is 14.3 Å². The highest BCUT2D eigenvalue weighted by atomic mass is 16.2. The molecule has 0 aliphatic heterocycles. The third-order valence-electron chi connectivity index (χ3n) is 4.78. The molecule has 3 unspecified atom stereocenters. The van der Waals surface area contributed by atoms with Crippen molar-refractivity contribution in [3.8, 4) is 0 Å². The van der Waals surface area contributed by atoms with E-state index in [1.165, 1.54) is 36.6 Å². The van der Waals surface area contributed by atoms with Crippen LogP contribution in [0, 0.1) is 17.8 Å². The molecule has 6 nitrogen and oxygen atoms in total. The van der Waals surface area contributed by atoms with E-state index in [0.717, 1.165) is 11.8 Å². The van der Waals surface area contributed by atoms with E-state index in [4.69, 9.17) is 5.73 Å². The minimum atomic E-state index is -0.583. The Bertz CT molecular complexity index is 551. The molecule has 6 heteroatoms. The molecule has 3 N–H and O–H groups in total. The Morgan fingerprint density at radius 1 is 1.45 bits per heavy atom. The largest absolute Gasteiger partial charge is 0.364 e. The van der Waals surface area contributed by atoms with Gasteiger partial charge in [0.15, 0.2) is 0 Å². The van der Waals surface area contributed by atoms with Gasteiger partial charge in [-0.1, -0.05) is 6.42 Å². The minimum absolute atomic E-state index is 0.0435. The lowest BCUT2D eigenvalue weighted by atomic mass is 9.86. The molecule has 2 aliphatic carbocycles. The summed E-state index contributed by atoms with van der Waals surface area (Å²) in [7, 11) is 1.63. The molecule has 2 aliphatic rings. The van der Waals surface area contributed by atoms with Gasteiger partial charge in [0.1, 0.15) is 5.69 Å². The van der Waals surface area contributed by atoms with Gasteiger partial charge < -0.3 is 11.1 Å². The highest BCUT2D eigenvalue weighted by Crippen LogP contribution is 2.49. The average molecular weight is 276 g/mol. The van der Waals surface area contributed by atoms with E-state index in [2.05, 4.69) is 10.4 Å². The van der Waals surface area contributed by atoms with Crippen LogP contribution in [0.25, 0.3) is 0 Å². The molecule has 2 saturated carbocycles. The molecular weight excluding hydrogens is 256 g/mol. The summed E-state index contributed by atoms with van der Waals surface area (Å²) in [5.74, 6) is 1.42. The van der Waals surface area contributed by atoms with Gasteiger partial charge in [-0.25, -0.2) is 0 Å². The zero-order valence-electron chi connectivity index (χ0n) is 11.6. The van der Waals surface area contributed by atoms with E-state index in [-0.39, 0.29) is 11.6 Å². The third kappa shape index (κ3) is 2.30. The molecule has 0 saturated heterocycles. The van der Waals surface area contributed by atoms with Crippen LogP contribution < -0.4 is 11.1 Å². The number of amides is 2. The number of aromatic nitrogens is 2. The predicted octanol–water partition coefficient (Wildman–Crippen LogP) is 1.28. The zero-order chi connectivity index (χ0) is 14.3.